The van der Waals surface area contributed by atoms with Crippen LogP contribution in [0.4, 0.5) is 0 Å². The van der Waals surface area contributed by atoms with Crippen molar-refractivity contribution < 1.29 is 14.7 Å². The van der Waals surface area contributed by atoms with Crippen molar-refractivity contribution in [3.8, 4) is 0 Å². The van der Waals surface area contributed by atoms with Gasteiger partial charge < -0.3 is 15.0 Å². The third-order valence-corrected chi connectivity index (χ3v) is 3.46. The number of aryl methyl sites for hydroxylation is 1. The normalized spacial score (nSPS) is 12.3. The molecule has 6 heteroatoms. The van der Waals surface area contributed by atoms with Crippen molar-refractivity contribution in [3.63, 3.8) is 0 Å². The third-order valence-electron chi connectivity index (χ3n) is 3.46. The lowest BCUT2D eigenvalue weighted by atomic mass is 10.2. The van der Waals surface area contributed by atoms with E-state index in [0.717, 1.165) is 0 Å². The van der Waals surface area contributed by atoms with Crippen LogP contribution in [-0.4, -0.2) is 33.1 Å². The number of aromatic carboxylic acids is 1. The highest BCUT2D eigenvalue weighted by Gasteiger charge is 2.22. The summed E-state index contributed by atoms with van der Waals surface area (Å²) >= 11 is 0. The number of likely N-dealkylation sites (N-methyl/N-ethyl adjacent to an activating group) is 1. The Hall–Kier alpha value is -2.37. The maximum atomic E-state index is 12.1. The summed E-state index contributed by atoms with van der Waals surface area (Å²) in [6.07, 6.45) is 0.623. The molecule has 0 saturated heterocycles. The summed E-state index contributed by atoms with van der Waals surface area (Å²) in [7, 11) is 0. The predicted octanol–water partition coefficient (Wildman–Crippen LogP) is 1.99. The Bertz CT molecular complexity index is 691. The summed E-state index contributed by atoms with van der Waals surface area (Å²) in [5.41, 5.74) is 1.26. The van der Waals surface area contributed by atoms with Crippen molar-refractivity contribution in [2.24, 2.45) is 0 Å². The third kappa shape index (κ3) is 2.61. The van der Waals surface area contributed by atoms with E-state index in [4.69, 9.17) is 0 Å². The highest BCUT2D eigenvalue weighted by Crippen LogP contribution is 2.24. The molecule has 0 bridgehead atoms. The van der Waals surface area contributed by atoms with Gasteiger partial charge in [-0.1, -0.05) is 13.0 Å². The minimum atomic E-state index is -1.02. The maximum absolute atomic E-state index is 12.1. The maximum Gasteiger partial charge on any atom is 0.337 e. The molecule has 6 nitrogen and oxygen atoms in total. The van der Waals surface area contributed by atoms with Gasteiger partial charge in [-0.2, -0.15) is 0 Å². The highest BCUT2D eigenvalue weighted by molar-refractivity contribution is 6.01. The lowest BCUT2D eigenvalue weighted by Gasteiger charge is -2.16. The van der Waals surface area contributed by atoms with Crippen LogP contribution in [0.25, 0.3) is 11.0 Å². The minimum absolute atomic E-state index is 0.104. The van der Waals surface area contributed by atoms with Gasteiger partial charge in [-0.15, -0.1) is 0 Å². The van der Waals surface area contributed by atoms with Crippen molar-refractivity contribution in [2.45, 2.75) is 33.2 Å². The molecular formula is C15H19N3O3. The summed E-state index contributed by atoms with van der Waals surface area (Å²) < 4.78 is 1.81. The van der Waals surface area contributed by atoms with Crippen LogP contribution in [0, 0.1) is 0 Å². The number of nitrogens with one attached hydrogen (secondary N) is 1. The molecule has 1 heterocycles. The lowest BCUT2D eigenvalue weighted by Crippen LogP contribution is -2.31. The Balaban J connectivity index is 2.65. The van der Waals surface area contributed by atoms with E-state index >= 15 is 0 Å². The van der Waals surface area contributed by atoms with Gasteiger partial charge in [-0.05, 0) is 26.0 Å². The molecule has 1 unspecified atom stereocenters. The van der Waals surface area contributed by atoms with E-state index in [1.807, 2.05) is 18.4 Å². The first-order chi connectivity index (χ1) is 10.0. The predicted molar refractivity (Wildman–Crippen MR) is 79.5 cm³/mol. The Morgan fingerprint density at radius 1 is 1.38 bits per heavy atom. The van der Waals surface area contributed by atoms with Crippen molar-refractivity contribution in [1.29, 1.82) is 0 Å². The number of hydrogen-bond acceptors (Lipinski definition) is 3. The van der Waals surface area contributed by atoms with Crippen molar-refractivity contribution in [2.75, 3.05) is 6.54 Å². The Morgan fingerprint density at radius 3 is 2.67 bits per heavy atom. The van der Waals surface area contributed by atoms with Gasteiger partial charge in [0.25, 0.3) is 0 Å². The molecule has 1 aromatic heterocycles. The van der Waals surface area contributed by atoms with Crippen molar-refractivity contribution in [1.82, 2.24) is 14.9 Å². The highest BCUT2D eigenvalue weighted by atomic mass is 16.4. The van der Waals surface area contributed by atoms with Gasteiger partial charge in [0.2, 0.25) is 5.91 Å². The summed E-state index contributed by atoms with van der Waals surface area (Å²) in [5, 5.41) is 12.0. The van der Waals surface area contributed by atoms with Crippen LogP contribution < -0.4 is 5.32 Å². The molecule has 0 aliphatic carbocycles. The molecule has 2 rings (SSSR count). The van der Waals surface area contributed by atoms with Crippen LogP contribution in [0.1, 0.15) is 43.0 Å². The average molecular weight is 289 g/mol. The van der Waals surface area contributed by atoms with Crippen LogP contribution in [0.5, 0.6) is 0 Å². The van der Waals surface area contributed by atoms with Gasteiger partial charge in [-0.25, -0.2) is 9.78 Å². The van der Waals surface area contributed by atoms with Crippen LogP contribution >= 0.6 is 0 Å². The number of imidazole rings is 1. The van der Waals surface area contributed by atoms with Crippen molar-refractivity contribution >= 4 is 22.9 Å². The molecule has 0 aliphatic heterocycles. The van der Waals surface area contributed by atoms with Gasteiger partial charge in [0.15, 0.2) is 0 Å². The molecule has 0 spiro atoms. The second kappa shape index (κ2) is 5.95. The number of amides is 1. The van der Waals surface area contributed by atoms with Crippen LogP contribution in [0.15, 0.2) is 18.2 Å². The van der Waals surface area contributed by atoms with Gasteiger partial charge >= 0.3 is 5.97 Å². The molecule has 1 atom stereocenters. The quantitative estimate of drug-likeness (QED) is 0.881. The molecule has 112 valence electrons. The first-order valence-electron chi connectivity index (χ1n) is 7.02. The second-order valence-electron chi connectivity index (χ2n) is 4.80. The summed E-state index contributed by atoms with van der Waals surface area (Å²) in [6.45, 7) is 6.14. The number of para-hydroxylation sites is 1. The molecule has 0 fully saturated rings. The summed E-state index contributed by atoms with van der Waals surface area (Å²) in [5.74, 6) is -0.414. The largest absolute Gasteiger partial charge is 0.478 e. The summed E-state index contributed by atoms with van der Waals surface area (Å²) in [4.78, 5) is 27.8. The van der Waals surface area contributed by atoms with Crippen LogP contribution in [0.3, 0.4) is 0 Å². The topological polar surface area (TPSA) is 84.2 Å². The Kier molecular flexibility index (Phi) is 4.26. The Labute approximate surface area is 122 Å². The number of aromatic nitrogens is 2. The number of fused-ring (bicyclic) bond motifs is 1. The van der Waals surface area contributed by atoms with E-state index in [1.54, 1.807) is 19.1 Å². The van der Waals surface area contributed by atoms with Crippen LogP contribution in [-0.2, 0) is 11.2 Å². The first kappa shape index (κ1) is 15.0. The molecule has 0 saturated carbocycles. The van der Waals surface area contributed by atoms with E-state index in [0.29, 0.717) is 29.8 Å². The molecule has 0 radical (unpaired) electrons. The molecular weight excluding hydrogens is 270 g/mol. The molecule has 1 aromatic carbocycles. The Morgan fingerprint density at radius 2 is 2.10 bits per heavy atom. The van der Waals surface area contributed by atoms with Gasteiger partial charge in [0.05, 0.1) is 11.1 Å². The number of carboxylic acid groups (broad SMARTS) is 1. The number of benzene rings is 1. The molecule has 1 amide bonds. The SMILES string of the molecule is CCNC(=O)C(C)n1c(CC)nc2c(C(=O)O)cccc21. The van der Waals surface area contributed by atoms with E-state index < -0.39 is 12.0 Å². The number of carboxylic acids is 1. The zero-order valence-electron chi connectivity index (χ0n) is 12.4. The minimum Gasteiger partial charge on any atom is -0.478 e. The first-order valence-corrected chi connectivity index (χ1v) is 7.02. The van der Waals surface area contributed by atoms with E-state index in [-0.39, 0.29) is 11.5 Å². The van der Waals surface area contributed by atoms with Crippen molar-refractivity contribution in [3.05, 3.63) is 29.6 Å². The zero-order chi connectivity index (χ0) is 15.6. The number of carbonyl (C=O) groups excluding carboxylic acids is 1. The standard InChI is InChI=1S/C15H19N3O3/c1-4-12-17-13-10(15(20)21)7-6-8-11(13)18(12)9(3)14(19)16-5-2/h6-9H,4-5H2,1-3H3,(H,16,19)(H,20,21). The zero-order valence-corrected chi connectivity index (χ0v) is 12.4. The van der Waals surface area contributed by atoms with Gasteiger partial charge in [0, 0.05) is 13.0 Å². The number of hydrogen-bond donors (Lipinski definition) is 2. The number of rotatable bonds is 5. The molecule has 21 heavy (non-hydrogen) atoms. The molecule has 2 N–H and O–H groups in total. The molecule has 2 aromatic rings. The van der Waals surface area contributed by atoms with Crippen LogP contribution in [0.2, 0.25) is 0 Å². The fraction of sp³-hybridized carbons (Fsp3) is 0.400. The van der Waals surface area contributed by atoms with E-state index in [1.165, 1.54) is 6.07 Å². The lowest BCUT2D eigenvalue weighted by molar-refractivity contribution is -0.123. The number of nitrogens with zero attached hydrogens (tertiary/aromatic N) is 2. The monoisotopic (exact) mass is 289 g/mol. The van der Waals surface area contributed by atoms with Gasteiger partial charge in [-0.3, -0.25) is 4.79 Å². The number of carbonyl (C=O) groups is 2. The van der Waals surface area contributed by atoms with E-state index in [2.05, 4.69) is 10.3 Å². The second-order valence-corrected chi connectivity index (χ2v) is 4.80. The van der Waals surface area contributed by atoms with E-state index in [9.17, 15) is 14.7 Å². The summed E-state index contributed by atoms with van der Waals surface area (Å²) in [6, 6.07) is 4.56. The van der Waals surface area contributed by atoms with Gasteiger partial charge in [0.1, 0.15) is 17.4 Å². The molecule has 0 aliphatic rings. The average Bonchev–Trinajstić information content (AvgIpc) is 2.84. The smallest absolute Gasteiger partial charge is 0.337 e. The fourth-order valence-electron chi connectivity index (χ4n) is 2.46. The fourth-order valence-corrected chi connectivity index (χ4v) is 2.46.